The van der Waals surface area contributed by atoms with E-state index in [1.54, 1.807) is 4.57 Å². The van der Waals surface area contributed by atoms with E-state index < -0.39 is 11.6 Å². The summed E-state index contributed by atoms with van der Waals surface area (Å²) in [6.07, 6.45) is 6.68. The molecule has 0 spiro atoms. The third kappa shape index (κ3) is 5.59. The number of nitrogen functional groups attached to an aromatic ring is 1. The van der Waals surface area contributed by atoms with Crippen molar-refractivity contribution in [2.24, 2.45) is 0 Å². The Morgan fingerprint density at radius 2 is 1.91 bits per heavy atom. The zero-order valence-corrected chi connectivity index (χ0v) is 18.4. The second-order valence-electron chi connectivity index (χ2n) is 7.20. The number of Topliss-reactive ketones (excluding diaryl/α,β-unsaturated/α-hetero) is 1. The Bertz CT molecular complexity index is 1120. The number of nitrogens with two attached hydrogens (primary N) is 1. The fourth-order valence-electron chi connectivity index (χ4n) is 3.42. The van der Waals surface area contributed by atoms with Gasteiger partial charge in [-0.05, 0) is 18.9 Å². The number of carbonyl (C=O) groups is 3. The molecule has 1 aliphatic carbocycles. The van der Waals surface area contributed by atoms with Crippen molar-refractivity contribution in [3.8, 4) is 11.4 Å². The minimum Gasteiger partial charge on any atom is -0.393 e. The molecule has 0 bridgehead atoms. The molecule has 168 valence electrons. The van der Waals surface area contributed by atoms with Crippen LogP contribution in [-0.2, 0) is 14.4 Å². The Morgan fingerprint density at radius 3 is 2.59 bits per heavy atom. The molecule has 0 saturated carbocycles. The largest absolute Gasteiger partial charge is 0.393 e. The van der Waals surface area contributed by atoms with Crippen LogP contribution in [0.5, 0.6) is 0 Å². The minimum atomic E-state index is -0.612. The van der Waals surface area contributed by atoms with Crippen molar-refractivity contribution in [1.29, 1.82) is 0 Å². The maximum Gasteiger partial charge on any atom is 0.277 e. The molecule has 1 aromatic carbocycles. The standard InChI is InChI=1S/C23H24N4O4.ClH/c1-2-17(11-12-20(29)25-13-16-9-6-10-19(28)21(16)30)27-22(15-7-4-3-5-8-15)26-14-18(24)23(27)31;/h3-10,14,17H,2,11-13,24H2,1H3,(H,25,29);1H. The lowest BCUT2D eigenvalue weighted by Crippen LogP contribution is -2.32. The van der Waals surface area contributed by atoms with Gasteiger partial charge in [0.15, 0.2) is 0 Å². The highest BCUT2D eigenvalue weighted by molar-refractivity contribution is 6.48. The van der Waals surface area contributed by atoms with Gasteiger partial charge in [-0.3, -0.25) is 23.7 Å². The lowest BCUT2D eigenvalue weighted by molar-refractivity contribution is -0.131. The number of nitrogens with zero attached hydrogens (tertiary/aromatic N) is 2. The third-order valence-electron chi connectivity index (χ3n) is 5.13. The van der Waals surface area contributed by atoms with Crippen molar-refractivity contribution in [2.75, 3.05) is 12.3 Å². The number of benzene rings is 1. The Balaban J connectivity index is 0.00000363. The first-order valence-electron chi connectivity index (χ1n) is 10.1. The first-order chi connectivity index (χ1) is 14.9. The van der Waals surface area contributed by atoms with Crippen molar-refractivity contribution in [3.05, 3.63) is 70.7 Å². The van der Waals surface area contributed by atoms with Crippen molar-refractivity contribution >= 4 is 35.6 Å². The molecule has 0 fully saturated rings. The van der Waals surface area contributed by atoms with Crippen LogP contribution in [0.4, 0.5) is 5.69 Å². The molecule has 1 atom stereocenters. The number of hydrogen-bond donors (Lipinski definition) is 2. The van der Waals surface area contributed by atoms with Crippen LogP contribution < -0.4 is 16.6 Å². The summed E-state index contributed by atoms with van der Waals surface area (Å²) in [5, 5.41) is 2.66. The highest BCUT2D eigenvalue weighted by Crippen LogP contribution is 2.24. The molecule has 3 rings (SSSR count). The maximum atomic E-state index is 12.8. The van der Waals surface area contributed by atoms with E-state index in [0.29, 0.717) is 18.7 Å². The Kier molecular flexibility index (Phi) is 8.66. The predicted molar refractivity (Wildman–Crippen MR) is 124 cm³/mol. The van der Waals surface area contributed by atoms with Crippen LogP contribution in [0.15, 0.2) is 65.1 Å². The molecule has 3 N–H and O–H groups in total. The molecule has 2 aromatic rings. The molecule has 1 aromatic heterocycles. The van der Waals surface area contributed by atoms with Crippen LogP contribution in [0, 0.1) is 0 Å². The average molecular weight is 457 g/mol. The Labute approximate surface area is 191 Å². The number of halogens is 1. The summed E-state index contributed by atoms with van der Waals surface area (Å²) in [4.78, 5) is 52.8. The van der Waals surface area contributed by atoms with Gasteiger partial charge in [0.2, 0.25) is 17.5 Å². The van der Waals surface area contributed by atoms with Gasteiger partial charge in [0.1, 0.15) is 11.5 Å². The number of ketones is 2. The fourth-order valence-corrected chi connectivity index (χ4v) is 3.42. The van der Waals surface area contributed by atoms with E-state index in [1.165, 1.54) is 24.4 Å². The molecule has 1 unspecified atom stereocenters. The molecule has 9 heteroatoms. The number of rotatable bonds is 8. The van der Waals surface area contributed by atoms with Gasteiger partial charge in [0.25, 0.3) is 5.56 Å². The van der Waals surface area contributed by atoms with Gasteiger partial charge in [-0.15, -0.1) is 12.4 Å². The van der Waals surface area contributed by atoms with Gasteiger partial charge in [0, 0.05) is 30.1 Å². The van der Waals surface area contributed by atoms with Gasteiger partial charge in [0.05, 0.1) is 6.20 Å². The van der Waals surface area contributed by atoms with Crippen LogP contribution in [0.3, 0.4) is 0 Å². The van der Waals surface area contributed by atoms with Crippen molar-refractivity contribution in [3.63, 3.8) is 0 Å². The molecule has 8 nitrogen and oxygen atoms in total. The number of hydrogen-bond acceptors (Lipinski definition) is 6. The molecule has 1 amide bonds. The molecule has 1 heterocycles. The second-order valence-corrected chi connectivity index (χ2v) is 7.20. The third-order valence-corrected chi connectivity index (χ3v) is 5.13. The smallest absolute Gasteiger partial charge is 0.277 e. The minimum absolute atomic E-state index is 0. The van der Waals surface area contributed by atoms with Crippen LogP contribution in [0.1, 0.15) is 32.2 Å². The van der Waals surface area contributed by atoms with E-state index in [4.69, 9.17) is 5.73 Å². The zero-order chi connectivity index (χ0) is 22.4. The summed E-state index contributed by atoms with van der Waals surface area (Å²) in [5.74, 6) is -0.991. The van der Waals surface area contributed by atoms with E-state index in [1.807, 2.05) is 37.3 Å². The van der Waals surface area contributed by atoms with Gasteiger partial charge < -0.3 is 11.1 Å². The van der Waals surface area contributed by atoms with E-state index in [9.17, 15) is 19.2 Å². The second kappa shape index (κ2) is 11.2. The number of anilines is 1. The number of amides is 1. The molecule has 1 aliphatic rings. The summed E-state index contributed by atoms with van der Waals surface area (Å²) in [7, 11) is 0. The molecular formula is C23H25ClN4O4. The van der Waals surface area contributed by atoms with Crippen molar-refractivity contribution in [2.45, 2.75) is 32.2 Å². The highest BCUT2D eigenvalue weighted by Gasteiger charge is 2.21. The molecule has 32 heavy (non-hydrogen) atoms. The topological polar surface area (TPSA) is 124 Å². The molecule has 0 saturated heterocycles. The Hall–Kier alpha value is -3.52. The molecule has 0 radical (unpaired) electrons. The quantitative estimate of drug-likeness (QED) is 0.464. The fraction of sp³-hybridized carbons (Fsp3) is 0.261. The lowest BCUT2D eigenvalue weighted by atomic mass is 10.0. The van der Waals surface area contributed by atoms with E-state index >= 15 is 0 Å². The van der Waals surface area contributed by atoms with Crippen LogP contribution >= 0.6 is 12.4 Å². The lowest BCUT2D eigenvalue weighted by Gasteiger charge is -2.22. The summed E-state index contributed by atoms with van der Waals surface area (Å²) < 4.78 is 1.55. The normalized spacial score (nSPS) is 13.8. The Morgan fingerprint density at radius 1 is 1.19 bits per heavy atom. The zero-order valence-electron chi connectivity index (χ0n) is 17.6. The van der Waals surface area contributed by atoms with Gasteiger partial charge in [-0.2, -0.15) is 0 Å². The maximum absolute atomic E-state index is 12.8. The summed E-state index contributed by atoms with van der Waals surface area (Å²) in [5.41, 5.74) is 6.55. The SMILES string of the molecule is CCC(CCC(=O)NCC1=CC=CC(=O)C1=O)n1c(-c2ccccc2)ncc(N)c1=O.Cl. The van der Waals surface area contributed by atoms with Crippen LogP contribution in [0.2, 0.25) is 0 Å². The number of carbonyl (C=O) groups excluding carboxylic acids is 3. The van der Waals surface area contributed by atoms with Crippen molar-refractivity contribution in [1.82, 2.24) is 14.9 Å². The number of aromatic nitrogens is 2. The monoisotopic (exact) mass is 456 g/mol. The first-order valence-corrected chi connectivity index (χ1v) is 10.1. The van der Waals surface area contributed by atoms with Gasteiger partial charge in [-0.1, -0.05) is 49.4 Å². The first kappa shape index (κ1) is 24.7. The molecule has 0 aliphatic heterocycles. The average Bonchev–Trinajstić information content (AvgIpc) is 2.78. The van der Waals surface area contributed by atoms with E-state index in [2.05, 4.69) is 10.3 Å². The van der Waals surface area contributed by atoms with Gasteiger partial charge in [-0.25, -0.2) is 4.98 Å². The van der Waals surface area contributed by atoms with E-state index in [-0.39, 0.29) is 54.1 Å². The predicted octanol–water partition coefficient (Wildman–Crippen LogP) is 2.40. The van der Waals surface area contributed by atoms with E-state index in [0.717, 1.165) is 5.56 Å². The highest BCUT2D eigenvalue weighted by atomic mass is 35.5. The summed E-state index contributed by atoms with van der Waals surface area (Å²) in [6.45, 7) is 1.91. The van der Waals surface area contributed by atoms with Gasteiger partial charge >= 0.3 is 0 Å². The summed E-state index contributed by atoms with van der Waals surface area (Å²) in [6, 6.07) is 9.03. The molecular weight excluding hydrogens is 432 g/mol. The number of nitrogens with one attached hydrogen (secondary N) is 1. The van der Waals surface area contributed by atoms with Crippen LogP contribution in [-0.4, -0.2) is 33.6 Å². The van der Waals surface area contributed by atoms with Crippen LogP contribution in [0.25, 0.3) is 11.4 Å². The van der Waals surface area contributed by atoms with Crippen molar-refractivity contribution < 1.29 is 14.4 Å². The number of allylic oxidation sites excluding steroid dienone is 3. The summed E-state index contributed by atoms with van der Waals surface area (Å²) >= 11 is 0.